The number of thiazole rings is 1. The van der Waals surface area contributed by atoms with Crippen LogP contribution in [-0.2, 0) is 14.3 Å². The van der Waals surface area contributed by atoms with Crippen molar-refractivity contribution in [3.63, 3.8) is 0 Å². The fraction of sp³-hybridized carbons (Fsp3) is 0.273. The van der Waals surface area contributed by atoms with Gasteiger partial charge >= 0.3 is 5.97 Å². The number of amides is 2. The van der Waals surface area contributed by atoms with Crippen LogP contribution in [0.2, 0.25) is 0 Å². The number of nitrogens with zero attached hydrogens (tertiary/aromatic N) is 2. The minimum Gasteiger partial charge on any atom is -0.467 e. The van der Waals surface area contributed by atoms with E-state index in [0.29, 0.717) is 28.0 Å². The number of aryl methyl sites for hydroxylation is 1. The van der Waals surface area contributed by atoms with Gasteiger partial charge in [0.1, 0.15) is 6.04 Å². The SMILES string of the molecule is CCC(C(=O)OC)n1/c(=N/C(=O)c2ccc(C)cc2)sc2ccc(NC(C)=O)cc21. The summed E-state index contributed by atoms with van der Waals surface area (Å²) in [5.74, 6) is -1.01. The lowest BCUT2D eigenvalue weighted by atomic mass is 10.1. The van der Waals surface area contributed by atoms with Crippen LogP contribution in [-0.4, -0.2) is 29.5 Å². The molecule has 3 aromatic rings. The van der Waals surface area contributed by atoms with E-state index in [1.807, 2.05) is 32.0 Å². The Kier molecular flexibility index (Phi) is 6.47. The van der Waals surface area contributed by atoms with Gasteiger partial charge in [0.05, 0.1) is 17.3 Å². The molecule has 2 aromatic carbocycles. The first kappa shape index (κ1) is 21.4. The molecule has 8 heteroatoms. The lowest BCUT2D eigenvalue weighted by molar-refractivity contribution is -0.144. The number of hydrogen-bond donors (Lipinski definition) is 1. The van der Waals surface area contributed by atoms with Crippen LogP contribution in [0.1, 0.15) is 42.2 Å². The Morgan fingerprint density at radius 3 is 2.47 bits per heavy atom. The first-order valence-electron chi connectivity index (χ1n) is 9.50. The number of aromatic nitrogens is 1. The normalized spacial score (nSPS) is 12.6. The van der Waals surface area contributed by atoms with Gasteiger partial charge in [-0.2, -0.15) is 4.99 Å². The van der Waals surface area contributed by atoms with Crippen molar-refractivity contribution >= 4 is 45.0 Å². The van der Waals surface area contributed by atoms with Crippen molar-refractivity contribution in [3.8, 4) is 0 Å². The van der Waals surface area contributed by atoms with Gasteiger partial charge in [-0.05, 0) is 43.7 Å². The minimum absolute atomic E-state index is 0.199. The topological polar surface area (TPSA) is 89.8 Å². The second kappa shape index (κ2) is 9.04. The maximum atomic E-state index is 12.8. The lowest BCUT2D eigenvalue weighted by Gasteiger charge is -2.16. The molecule has 0 saturated carbocycles. The second-order valence-electron chi connectivity index (χ2n) is 6.85. The zero-order chi connectivity index (χ0) is 21.8. The molecule has 156 valence electrons. The van der Waals surface area contributed by atoms with Gasteiger partial charge in [-0.3, -0.25) is 9.59 Å². The van der Waals surface area contributed by atoms with E-state index in [1.165, 1.54) is 25.4 Å². The summed E-state index contributed by atoms with van der Waals surface area (Å²) in [7, 11) is 1.33. The number of anilines is 1. The largest absolute Gasteiger partial charge is 0.467 e. The molecular weight excluding hydrogens is 402 g/mol. The summed E-state index contributed by atoms with van der Waals surface area (Å²) in [5, 5.41) is 2.74. The van der Waals surface area contributed by atoms with E-state index in [9.17, 15) is 14.4 Å². The van der Waals surface area contributed by atoms with Crippen LogP contribution in [0.4, 0.5) is 5.69 Å². The third-order valence-corrected chi connectivity index (χ3v) is 5.65. The number of hydrogen-bond acceptors (Lipinski definition) is 5. The molecule has 1 atom stereocenters. The number of benzene rings is 2. The fourth-order valence-electron chi connectivity index (χ4n) is 3.14. The molecule has 30 heavy (non-hydrogen) atoms. The predicted octanol–water partition coefficient (Wildman–Crippen LogP) is 3.83. The summed E-state index contributed by atoms with van der Waals surface area (Å²) in [6.07, 6.45) is 0.453. The highest BCUT2D eigenvalue weighted by molar-refractivity contribution is 7.16. The van der Waals surface area contributed by atoms with Crippen LogP contribution in [0.25, 0.3) is 10.2 Å². The Bertz CT molecular complexity index is 1180. The average molecular weight is 426 g/mol. The molecule has 1 heterocycles. The van der Waals surface area contributed by atoms with Gasteiger partial charge in [0.15, 0.2) is 4.80 Å². The molecule has 0 saturated heterocycles. The Labute approximate surface area is 178 Å². The third kappa shape index (κ3) is 4.49. The van der Waals surface area contributed by atoms with Gasteiger partial charge in [-0.25, -0.2) is 4.79 Å². The quantitative estimate of drug-likeness (QED) is 0.629. The van der Waals surface area contributed by atoms with Gasteiger partial charge in [-0.15, -0.1) is 0 Å². The maximum Gasteiger partial charge on any atom is 0.328 e. The zero-order valence-electron chi connectivity index (χ0n) is 17.3. The van der Waals surface area contributed by atoms with Crippen LogP contribution in [0.5, 0.6) is 0 Å². The second-order valence-corrected chi connectivity index (χ2v) is 7.86. The summed E-state index contributed by atoms with van der Waals surface area (Å²) in [4.78, 5) is 41.4. The van der Waals surface area contributed by atoms with Crippen molar-refractivity contribution < 1.29 is 19.1 Å². The standard InChI is InChI=1S/C22H23N3O4S/c1-5-17(21(28)29-4)25-18-12-16(23-14(3)26)10-11-19(18)30-22(25)24-20(27)15-8-6-13(2)7-9-15/h6-12,17H,5H2,1-4H3,(H,23,26)/b24-22-. The molecule has 0 fully saturated rings. The average Bonchev–Trinajstić information content (AvgIpc) is 3.05. The number of rotatable bonds is 5. The molecule has 0 aliphatic heterocycles. The van der Waals surface area contributed by atoms with E-state index < -0.39 is 17.9 Å². The highest BCUT2D eigenvalue weighted by atomic mass is 32.1. The molecule has 1 unspecified atom stereocenters. The highest BCUT2D eigenvalue weighted by Crippen LogP contribution is 2.26. The Balaban J connectivity index is 2.22. The minimum atomic E-state index is -0.652. The molecule has 0 aliphatic rings. The van der Waals surface area contributed by atoms with E-state index in [2.05, 4.69) is 10.3 Å². The van der Waals surface area contributed by atoms with Crippen LogP contribution in [0, 0.1) is 6.92 Å². The van der Waals surface area contributed by atoms with Crippen LogP contribution in [0.15, 0.2) is 47.5 Å². The van der Waals surface area contributed by atoms with Crippen molar-refractivity contribution in [2.24, 2.45) is 4.99 Å². The van der Waals surface area contributed by atoms with Gasteiger partial charge in [0, 0.05) is 18.2 Å². The van der Waals surface area contributed by atoms with Gasteiger partial charge in [-0.1, -0.05) is 36.0 Å². The number of carbonyl (C=O) groups excluding carboxylic acids is 3. The van der Waals surface area contributed by atoms with Crippen molar-refractivity contribution in [1.82, 2.24) is 4.57 Å². The molecule has 2 amide bonds. The maximum absolute atomic E-state index is 12.8. The van der Waals surface area contributed by atoms with E-state index in [1.54, 1.807) is 28.8 Å². The Morgan fingerprint density at radius 1 is 1.17 bits per heavy atom. The zero-order valence-corrected chi connectivity index (χ0v) is 18.1. The number of methoxy groups -OCH3 is 1. The first-order chi connectivity index (χ1) is 14.3. The Morgan fingerprint density at radius 2 is 1.87 bits per heavy atom. The summed E-state index contributed by atoms with van der Waals surface area (Å²) < 4.78 is 7.52. The van der Waals surface area contributed by atoms with Crippen molar-refractivity contribution in [1.29, 1.82) is 0 Å². The summed E-state index contributed by atoms with van der Waals surface area (Å²) in [5.41, 5.74) is 2.80. The fourth-order valence-corrected chi connectivity index (χ4v) is 4.19. The molecule has 1 aromatic heterocycles. The van der Waals surface area contributed by atoms with E-state index >= 15 is 0 Å². The first-order valence-corrected chi connectivity index (χ1v) is 10.3. The van der Waals surface area contributed by atoms with Crippen molar-refractivity contribution in [3.05, 3.63) is 58.4 Å². The third-order valence-electron chi connectivity index (χ3n) is 4.61. The van der Waals surface area contributed by atoms with Crippen LogP contribution < -0.4 is 10.1 Å². The van der Waals surface area contributed by atoms with Crippen LogP contribution >= 0.6 is 11.3 Å². The monoisotopic (exact) mass is 425 g/mol. The molecule has 3 rings (SSSR count). The highest BCUT2D eigenvalue weighted by Gasteiger charge is 2.23. The van der Waals surface area contributed by atoms with Crippen molar-refractivity contribution in [2.45, 2.75) is 33.2 Å². The molecule has 0 bridgehead atoms. The van der Waals surface area contributed by atoms with Crippen LogP contribution in [0.3, 0.4) is 0 Å². The molecule has 7 nitrogen and oxygen atoms in total. The number of esters is 1. The molecule has 1 N–H and O–H groups in total. The summed E-state index contributed by atoms with van der Waals surface area (Å²) >= 11 is 1.30. The number of carbonyl (C=O) groups is 3. The number of fused-ring (bicyclic) bond motifs is 1. The van der Waals surface area contributed by atoms with Gasteiger partial charge < -0.3 is 14.6 Å². The van der Waals surface area contributed by atoms with E-state index in [-0.39, 0.29) is 5.91 Å². The molecule has 0 radical (unpaired) electrons. The Hall–Kier alpha value is -3.26. The number of nitrogens with one attached hydrogen (secondary N) is 1. The molecule has 0 aliphatic carbocycles. The predicted molar refractivity (Wildman–Crippen MR) is 117 cm³/mol. The van der Waals surface area contributed by atoms with E-state index in [4.69, 9.17) is 4.74 Å². The van der Waals surface area contributed by atoms with Gasteiger partial charge in [0.2, 0.25) is 5.91 Å². The summed E-state index contributed by atoms with van der Waals surface area (Å²) in [6.45, 7) is 5.23. The van der Waals surface area contributed by atoms with Gasteiger partial charge in [0.25, 0.3) is 5.91 Å². The molecular formula is C22H23N3O4S. The smallest absolute Gasteiger partial charge is 0.328 e. The summed E-state index contributed by atoms with van der Waals surface area (Å²) in [6, 6.07) is 11.9. The van der Waals surface area contributed by atoms with Crippen molar-refractivity contribution in [2.75, 3.05) is 12.4 Å². The number of ether oxygens (including phenoxy) is 1. The van der Waals surface area contributed by atoms with E-state index in [0.717, 1.165) is 10.3 Å². The lowest BCUT2D eigenvalue weighted by Crippen LogP contribution is -2.28. The molecule has 0 spiro atoms.